The molecule has 1 fully saturated rings. The van der Waals surface area contributed by atoms with Crippen LogP contribution in [0.5, 0.6) is 0 Å². The van der Waals surface area contributed by atoms with E-state index in [1.807, 2.05) is 4.90 Å². The topological polar surface area (TPSA) is 71.2 Å². The highest BCUT2D eigenvalue weighted by Crippen LogP contribution is 2.29. The molecule has 1 aliphatic rings. The van der Waals surface area contributed by atoms with E-state index < -0.39 is 0 Å². The molecule has 2 heterocycles. The molecular formula is C12H18N4O. The second kappa shape index (κ2) is 4.33. The van der Waals surface area contributed by atoms with Crippen molar-refractivity contribution in [3.63, 3.8) is 0 Å². The molecular weight excluding hydrogens is 216 g/mol. The van der Waals surface area contributed by atoms with Gasteiger partial charge >= 0.3 is 0 Å². The van der Waals surface area contributed by atoms with Crippen LogP contribution in [0.4, 0.5) is 5.69 Å². The number of nitrogen functional groups attached to an aromatic ring is 1. The van der Waals surface area contributed by atoms with Crippen LogP contribution in [0.3, 0.4) is 0 Å². The van der Waals surface area contributed by atoms with E-state index in [1.165, 1.54) is 0 Å². The molecule has 3 N–H and O–H groups in total. The fourth-order valence-electron chi connectivity index (χ4n) is 2.23. The number of hydrogen-bond donors (Lipinski definition) is 2. The van der Waals surface area contributed by atoms with Crippen molar-refractivity contribution in [2.75, 3.05) is 12.0 Å². The molecule has 5 heteroatoms. The van der Waals surface area contributed by atoms with Gasteiger partial charge in [-0.3, -0.25) is 10.6 Å². The second-order valence-corrected chi connectivity index (χ2v) is 4.95. The van der Waals surface area contributed by atoms with E-state index in [1.54, 1.807) is 18.3 Å². The molecule has 0 atom stereocenters. The third-order valence-corrected chi connectivity index (χ3v) is 3.30. The fraction of sp³-hybridized carbons (Fsp3) is 0.500. The summed E-state index contributed by atoms with van der Waals surface area (Å²) in [6, 6.07) is 3.45. The number of hydrogen-bond acceptors (Lipinski definition) is 4. The Morgan fingerprint density at radius 1 is 1.53 bits per heavy atom. The van der Waals surface area contributed by atoms with Crippen LogP contribution in [0.15, 0.2) is 18.3 Å². The SMILES string of the molecule is CC1(C)CCCN1C(=O)c1ccc(NN)cn1. The Kier molecular flexibility index (Phi) is 3.02. The molecule has 2 rings (SSSR count). The average Bonchev–Trinajstić information content (AvgIpc) is 2.68. The number of carbonyl (C=O) groups excluding carboxylic acids is 1. The zero-order valence-electron chi connectivity index (χ0n) is 10.2. The van der Waals surface area contributed by atoms with Crippen molar-refractivity contribution in [1.82, 2.24) is 9.88 Å². The normalized spacial score (nSPS) is 18.2. The van der Waals surface area contributed by atoms with E-state index in [2.05, 4.69) is 24.3 Å². The lowest BCUT2D eigenvalue weighted by atomic mass is 10.0. The largest absolute Gasteiger partial charge is 0.332 e. The summed E-state index contributed by atoms with van der Waals surface area (Å²) in [5.74, 6) is 5.25. The Hall–Kier alpha value is -1.62. The quantitative estimate of drug-likeness (QED) is 0.599. The predicted octanol–water partition coefficient (Wildman–Crippen LogP) is 1.38. The molecule has 0 spiro atoms. The highest BCUT2D eigenvalue weighted by Gasteiger charge is 2.36. The maximum absolute atomic E-state index is 12.3. The first-order valence-corrected chi connectivity index (χ1v) is 5.79. The smallest absolute Gasteiger partial charge is 0.272 e. The van der Waals surface area contributed by atoms with Gasteiger partial charge in [0.05, 0.1) is 11.9 Å². The van der Waals surface area contributed by atoms with Crippen LogP contribution >= 0.6 is 0 Å². The summed E-state index contributed by atoms with van der Waals surface area (Å²) in [6.45, 7) is 4.99. The molecule has 92 valence electrons. The average molecular weight is 234 g/mol. The van der Waals surface area contributed by atoms with Crippen LogP contribution < -0.4 is 11.3 Å². The summed E-state index contributed by atoms with van der Waals surface area (Å²) in [5.41, 5.74) is 3.59. The van der Waals surface area contributed by atoms with Gasteiger partial charge in [-0.25, -0.2) is 4.98 Å². The van der Waals surface area contributed by atoms with Crippen molar-refractivity contribution < 1.29 is 4.79 Å². The van der Waals surface area contributed by atoms with Crippen molar-refractivity contribution in [2.24, 2.45) is 5.84 Å². The summed E-state index contributed by atoms with van der Waals surface area (Å²) < 4.78 is 0. The number of aromatic nitrogens is 1. The standard InChI is InChI=1S/C12H18N4O/c1-12(2)6-3-7-16(12)11(17)10-5-4-9(15-13)8-14-10/h4-5,8,15H,3,6-7,13H2,1-2H3. The van der Waals surface area contributed by atoms with Gasteiger partial charge in [0.15, 0.2) is 0 Å². The van der Waals surface area contributed by atoms with E-state index in [0.717, 1.165) is 19.4 Å². The minimum absolute atomic E-state index is 0.00364. The lowest BCUT2D eigenvalue weighted by Gasteiger charge is -2.31. The van der Waals surface area contributed by atoms with Crippen molar-refractivity contribution in [3.05, 3.63) is 24.0 Å². The van der Waals surface area contributed by atoms with Gasteiger partial charge < -0.3 is 10.3 Å². The Morgan fingerprint density at radius 3 is 2.76 bits per heavy atom. The van der Waals surface area contributed by atoms with E-state index in [9.17, 15) is 4.79 Å². The summed E-state index contributed by atoms with van der Waals surface area (Å²) in [4.78, 5) is 18.3. The van der Waals surface area contributed by atoms with E-state index in [0.29, 0.717) is 11.4 Å². The molecule has 17 heavy (non-hydrogen) atoms. The first kappa shape index (κ1) is 11.9. The summed E-state index contributed by atoms with van der Waals surface area (Å²) in [6.07, 6.45) is 3.67. The zero-order chi connectivity index (χ0) is 12.5. The molecule has 1 aromatic rings. The lowest BCUT2D eigenvalue weighted by Crippen LogP contribution is -2.42. The van der Waals surface area contributed by atoms with Crippen LogP contribution in [-0.4, -0.2) is 27.9 Å². The maximum atomic E-state index is 12.3. The van der Waals surface area contributed by atoms with Crippen LogP contribution in [0.25, 0.3) is 0 Å². The maximum Gasteiger partial charge on any atom is 0.272 e. The number of likely N-dealkylation sites (tertiary alicyclic amines) is 1. The van der Waals surface area contributed by atoms with E-state index in [-0.39, 0.29) is 11.4 Å². The van der Waals surface area contributed by atoms with Gasteiger partial charge in [-0.2, -0.15) is 0 Å². The van der Waals surface area contributed by atoms with Gasteiger partial charge in [0, 0.05) is 12.1 Å². The predicted molar refractivity (Wildman–Crippen MR) is 66.4 cm³/mol. The number of hydrazine groups is 1. The van der Waals surface area contributed by atoms with Gasteiger partial charge in [-0.1, -0.05) is 0 Å². The first-order chi connectivity index (χ1) is 8.04. The molecule has 1 aliphatic heterocycles. The van der Waals surface area contributed by atoms with Crippen molar-refractivity contribution in [3.8, 4) is 0 Å². The van der Waals surface area contributed by atoms with E-state index >= 15 is 0 Å². The van der Waals surface area contributed by atoms with Crippen LogP contribution in [0.1, 0.15) is 37.2 Å². The molecule has 1 aromatic heterocycles. The van der Waals surface area contributed by atoms with Crippen LogP contribution in [-0.2, 0) is 0 Å². The summed E-state index contributed by atoms with van der Waals surface area (Å²) >= 11 is 0. The Morgan fingerprint density at radius 2 is 2.29 bits per heavy atom. The molecule has 0 aliphatic carbocycles. The minimum atomic E-state index is -0.0659. The second-order valence-electron chi connectivity index (χ2n) is 4.95. The third kappa shape index (κ3) is 2.24. The summed E-state index contributed by atoms with van der Waals surface area (Å²) in [5, 5.41) is 0. The Bertz CT molecular complexity index is 413. The summed E-state index contributed by atoms with van der Waals surface area (Å²) in [7, 11) is 0. The van der Waals surface area contributed by atoms with Crippen LogP contribution in [0.2, 0.25) is 0 Å². The van der Waals surface area contributed by atoms with Gasteiger partial charge in [-0.15, -0.1) is 0 Å². The number of anilines is 1. The molecule has 1 amide bonds. The molecule has 5 nitrogen and oxygen atoms in total. The molecule has 0 bridgehead atoms. The highest BCUT2D eigenvalue weighted by atomic mass is 16.2. The molecule has 0 radical (unpaired) electrons. The minimum Gasteiger partial charge on any atom is -0.332 e. The highest BCUT2D eigenvalue weighted by molar-refractivity contribution is 5.93. The fourth-order valence-corrected chi connectivity index (χ4v) is 2.23. The Balaban J connectivity index is 2.19. The van der Waals surface area contributed by atoms with Crippen LogP contribution in [0, 0.1) is 0 Å². The van der Waals surface area contributed by atoms with Crippen molar-refractivity contribution in [1.29, 1.82) is 0 Å². The number of nitrogens with one attached hydrogen (secondary N) is 1. The Labute approximate surface area is 101 Å². The van der Waals surface area contributed by atoms with Gasteiger partial charge in [-0.05, 0) is 38.8 Å². The molecule has 0 aromatic carbocycles. The van der Waals surface area contributed by atoms with Gasteiger partial charge in [0.2, 0.25) is 0 Å². The van der Waals surface area contributed by atoms with E-state index in [4.69, 9.17) is 5.84 Å². The number of rotatable bonds is 2. The van der Waals surface area contributed by atoms with Gasteiger partial charge in [0.1, 0.15) is 5.69 Å². The molecule has 1 saturated heterocycles. The lowest BCUT2D eigenvalue weighted by molar-refractivity contribution is 0.0646. The molecule has 0 unspecified atom stereocenters. The van der Waals surface area contributed by atoms with Crippen molar-refractivity contribution in [2.45, 2.75) is 32.2 Å². The number of nitrogens with zero attached hydrogens (tertiary/aromatic N) is 2. The number of amides is 1. The first-order valence-electron chi connectivity index (χ1n) is 5.79. The monoisotopic (exact) mass is 234 g/mol. The van der Waals surface area contributed by atoms with Gasteiger partial charge in [0.25, 0.3) is 5.91 Å². The molecule has 0 saturated carbocycles. The number of nitrogens with two attached hydrogens (primary N) is 1. The number of carbonyl (C=O) groups is 1. The zero-order valence-corrected chi connectivity index (χ0v) is 10.2. The third-order valence-electron chi connectivity index (χ3n) is 3.30. The van der Waals surface area contributed by atoms with Crippen molar-refractivity contribution >= 4 is 11.6 Å². The number of pyridine rings is 1.